The lowest BCUT2D eigenvalue weighted by Crippen LogP contribution is -2.42. The summed E-state index contributed by atoms with van der Waals surface area (Å²) in [7, 11) is -1.55. The Kier molecular flexibility index (Phi) is 6.26. The maximum absolute atomic E-state index is 12.8. The van der Waals surface area contributed by atoms with Gasteiger partial charge >= 0.3 is 0 Å². The summed E-state index contributed by atoms with van der Waals surface area (Å²) >= 11 is 3.38. The van der Waals surface area contributed by atoms with Gasteiger partial charge < -0.3 is 10.1 Å². The first-order valence-corrected chi connectivity index (χ1v) is 9.79. The van der Waals surface area contributed by atoms with Gasteiger partial charge in [0.15, 0.2) is 0 Å². The molecule has 1 heterocycles. The van der Waals surface area contributed by atoms with Gasteiger partial charge in [-0.2, -0.15) is 4.31 Å². The molecule has 124 valence electrons. The SMILES string of the molecule is CCOc1ccc(S(=O)(=O)N2CCCC(CNC)C2)cc1Br. The van der Waals surface area contributed by atoms with Crippen molar-refractivity contribution >= 4 is 26.0 Å². The summed E-state index contributed by atoms with van der Waals surface area (Å²) in [5.74, 6) is 1.04. The lowest BCUT2D eigenvalue weighted by Gasteiger charge is -2.31. The standard InChI is InChI=1S/C15H23BrN2O3S/c1-3-21-15-7-6-13(9-14(15)16)22(19,20)18-8-4-5-12(11-18)10-17-2/h6-7,9,12,17H,3-5,8,10-11H2,1-2H3. The predicted molar refractivity (Wildman–Crippen MR) is 90.7 cm³/mol. The number of piperidine rings is 1. The first-order valence-electron chi connectivity index (χ1n) is 7.56. The van der Waals surface area contributed by atoms with Crippen molar-refractivity contribution in [3.05, 3.63) is 22.7 Å². The van der Waals surface area contributed by atoms with Gasteiger partial charge in [0.05, 0.1) is 16.0 Å². The molecule has 5 nitrogen and oxygen atoms in total. The summed E-state index contributed by atoms with van der Waals surface area (Å²) in [5, 5.41) is 3.13. The highest BCUT2D eigenvalue weighted by atomic mass is 79.9. The fraction of sp³-hybridized carbons (Fsp3) is 0.600. The van der Waals surface area contributed by atoms with Gasteiger partial charge in [-0.3, -0.25) is 0 Å². The Labute approximate surface area is 141 Å². The molecular formula is C15H23BrN2O3S. The van der Waals surface area contributed by atoms with E-state index in [9.17, 15) is 8.42 Å². The van der Waals surface area contributed by atoms with Crippen molar-refractivity contribution in [3.63, 3.8) is 0 Å². The number of hydrogen-bond acceptors (Lipinski definition) is 4. The third kappa shape index (κ3) is 4.01. The van der Waals surface area contributed by atoms with Crippen LogP contribution in [0.4, 0.5) is 0 Å². The highest BCUT2D eigenvalue weighted by molar-refractivity contribution is 9.10. The largest absolute Gasteiger partial charge is 0.493 e. The highest BCUT2D eigenvalue weighted by Gasteiger charge is 2.30. The van der Waals surface area contributed by atoms with E-state index >= 15 is 0 Å². The van der Waals surface area contributed by atoms with Gasteiger partial charge in [-0.1, -0.05) is 0 Å². The Morgan fingerprint density at radius 3 is 2.86 bits per heavy atom. The Balaban J connectivity index is 2.20. The van der Waals surface area contributed by atoms with Crippen LogP contribution < -0.4 is 10.1 Å². The Morgan fingerprint density at radius 1 is 1.45 bits per heavy atom. The molecule has 1 N–H and O–H groups in total. The average Bonchev–Trinajstić information content (AvgIpc) is 2.50. The number of sulfonamides is 1. The van der Waals surface area contributed by atoms with Crippen LogP contribution in [-0.4, -0.2) is 46.0 Å². The summed E-state index contributed by atoms with van der Waals surface area (Å²) in [6, 6.07) is 4.95. The second kappa shape index (κ2) is 7.77. The second-order valence-corrected chi connectivity index (χ2v) is 8.25. The molecule has 1 aromatic rings. The zero-order valence-electron chi connectivity index (χ0n) is 13.0. The third-order valence-electron chi connectivity index (χ3n) is 3.82. The quantitative estimate of drug-likeness (QED) is 0.810. The average molecular weight is 391 g/mol. The minimum Gasteiger partial charge on any atom is -0.493 e. The van der Waals surface area contributed by atoms with E-state index in [1.165, 1.54) is 0 Å². The third-order valence-corrected chi connectivity index (χ3v) is 6.30. The van der Waals surface area contributed by atoms with Gasteiger partial charge in [-0.05, 0) is 73.4 Å². The number of ether oxygens (including phenoxy) is 1. The Morgan fingerprint density at radius 2 is 2.23 bits per heavy atom. The first-order chi connectivity index (χ1) is 10.5. The van der Waals surface area contributed by atoms with E-state index in [1.54, 1.807) is 22.5 Å². The molecule has 1 saturated heterocycles. The number of rotatable bonds is 6. The number of hydrogen-bond donors (Lipinski definition) is 1. The minimum absolute atomic E-state index is 0.313. The normalized spacial score (nSPS) is 20.0. The minimum atomic E-state index is -3.45. The van der Waals surface area contributed by atoms with Gasteiger partial charge in [0.25, 0.3) is 0 Å². The molecule has 1 fully saturated rings. The smallest absolute Gasteiger partial charge is 0.243 e. The summed E-state index contributed by atoms with van der Waals surface area (Å²) in [6.45, 7) is 4.45. The molecule has 0 aliphatic carbocycles. The van der Waals surface area contributed by atoms with Crippen LogP contribution in [-0.2, 0) is 10.0 Å². The number of benzene rings is 1. The summed E-state index contributed by atoms with van der Waals surface area (Å²) in [6.07, 6.45) is 1.98. The van der Waals surface area contributed by atoms with Gasteiger partial charge in [-0.15, -0.1) is 0 Å². The molecule has 1 atom stereocenters. The van der Waals surface area contributed by atoms with Gasteiger partial charge in [-0.25, -0.2) is 8.42 Å². The topological polar surface area (TPSA) is 58.6 Å². The van der Waals surface area contributed by atoms with E-state index in [-0.39, 0.29) is 0 Å². The molecule has 7 heteroatoms. The van der Waals surface area contributed by atoms with Crippen molar-refractivity contribution in [2.75, 3.05) is 33.3 Å². The van der Waals surface area contributed by atoms with Crippen LogP contribution in [0.3, 0.4) is 0 Å². The zero-order valence-corrected chi connectivity index (χ0v) is 15.4. The highest BCUT2D eigenvalue weighted by Crippen LogP contribution is 2.30. The van der Waals surface area contributed by atoms with Crippen LogP contribution >= 0.6 is 15.9 Å². The van der Waals surface area contributed by atoms with Gasteiger partial charge in [0.2, 0.25) is 10.0 Å². The molecule has 1 aliphatic rings. The molecule has 1 aliphatic heterocycles. The van der Waals surface area contributed by atoms with Crippen molar-refractivity contribution < 1.29 is 13.2 Å². The fourth-order valence-corrected chi connectivity index (χ4v) is 4.99. The maximum Gasteiger partial charge on any atom is 0.243 e. The van der Waals surface area contributed by atoms with Crippen molar-refractivity contribution in [3.8, 4) is 5.75 Å². The van der Waals surface area contributed by atoms with E-state index in [2.05, 4.69) is 21.2 Å². The molecule has 22 heavy (non-hydrogen) atoms. The Bertz CT molecular complexity index is 605. The molecule has 0 bridgehead atoms. The van der Waals surface area contributed by atoms with Crippen molar-refractivity contribution in [2.24, 2.45) is 5.92 Å². The molecule has 0 saturated carbocycles. The molecule has 0 amide bonds. The van der Waals surface area contributed by atoms with E-state index in [1.807, 2.05) is 14.0 Å². The van der Waals surface area contributed by atoms with Crippen molar-refractivity contribution in [2.45, 2.75) is 24.7 Å². The number of nitrogens with zero attached hydrogens (tertiary/aromatic N) is 1. The molecule has 0 radical (unpaired) electrons. The van der Waals surface area contributed by atoms with Crippen LogP contribution in [0.5, 0.6) is 5.75 Å². The Hall–Kier alpha value is -0.630. The summed E-state index contributed by atoms with van der Waals surface area (Å²) in [5.41, 5.74) is 0. The van der Waals surface area contributed by atoms with Crippen LogP contribution in [0.2, 0.25) is 0 Å². The van der Waals surface area contributed by atoms with Crippen LogP contribution in [0.1, 0.15) is 19.8 Å². The van der Waals surface area contributed by atoms with E-state index in [0.717, 1.165) is 19.4 Å². The van der Waals surface area contributed by atoms with Gasteiger partial charge in [0.1, 0.15) is 5.75 Å². The zero-order chi connectivity index (χ0) is 16.2. The molecule has 1 unspecified atom stereocenters. The number of halogens is 1. The summed E-state index contributed by atoms with van der Waals surface area (Å²) < 4.78 is 33.3. The summed E-state index contributed by atoms with van der Waals surface area (Å²) in [4.78, 5) is 0.313. The predicted octanol–water partition coefficient (Wildman–Crippen LogP) is 2.47. The van der Waals surface area contributed by atoms with E-state index in [0.29, 0.717) is 40.7 Å². The lowest BCUT2D eigenvalue weighted by atomic mass is 10.00. The second-order valence-electron chi connectivity index (χ2n) is 5.45. The first kappa shape index (κ1) is 17.7. The number of nitrogens with one attached hydrogen (secondary N) is 1. The van der Waals surface area contributed by atoms with Crippen molar-refractivity contribution in [1.82, 2.24) is 9.62 Å². The van der Waals surface area contributed by atoms with E-state index < -0.39 is 10.0 Å². The fourth-order valence-electron chi connectivity index (χ4n) is 2.76. The van der Waals surface area contributed by atoms with Crippen LogP contribution in [0.25, 0.3) is 0 Å². The van der Waals surface area contributed by atoms with E-state index in [4.69, 9.17) is 4.74 Å². The molecule has 2 rings (SSSR count). The molecule has 0 spiro atoms. The molecule has 1 aromatic carbocycles. The van der Waals surface area contributed by atoms with Crippen LogP contribution in [0.15, 0.2) is 27.6 Å². The van der Waals surface area contributed by atoms with Crippen LogP contribution in [0, 0.1) is 5.92 Å². The molecular weight excluding hydrogens is 368 g/mol. The monoisotopic (exact) mass is 390 g/mol. The maximum atomic E-state index is 12.8. The van der Waals surface area contributed by atoms with Gasteiger partial charge in [0, 0.05) is 13.1 Å². The molecule has 0 aromatic heterocycles. The van der Waals surface area contributed by atoms with Crippen molar-refractivity contribution in [1.29, 1.82) is 0 Å². The lowest BCUT2D eigenvalue weighted by molar-refractivity contribution is 0.263.